The lowest BCUT2D eigenvalue weighted by molar-refractivity contribution is 0.714. The standard InChI is InChI=1S/C6H12Cl2/c1-5(7)3-4-6(2)8/h5-6H,3-4H2,1-2H3/t5-,6-/m1/s1. The minimum absolute atomic E-state index is 0.274. The number of halogens is 2. The zero-order valence-corrected chi connectivity index (χ0v) is 6.84. The second kappa shape index (κ2) is 4.46. The monoisotopic (exact) mass is 154 g/mol. The van der Waals surface area contributed by atoms with Gasteiger partial charge in [-0.3, -0.25) is 0 Å². The normalized spacial score (nSPS) is 18.0. The molecule has 0 fully saturated rings. The number of hydrogen-bond donors (Lipinski definition) is 0. The van der Waals surface area contributed by atoms with Crippen LogP contribution in [0.2, 0.25) is 0 Å². The molecule has 0 rings (SSSR count). The third kappa shape index (κ3) is 6.58. The summed E-state index contributed by atoms with van der Waals surface area (Å²) in [7, 11) is 0. The zero-order valence-electron chi connectivity index (χ0n) is 5.32. The van der Waals surface area contributed by atoms with Gasteiger partial charge in [-0.05, 0) is 26.7 Å². The Hall–Kier alpha value is 0.580. The van der Waals surface area contributed by atoms with Crippen LogP contribution in [0.15, 0.2) is 0 Å². The first-order chi connectivity index (χ1) is 3.63. The van der Waals surface area contributed by atoms with Gasteiger partial charge in [-0.2, -0.15) is 0 Å². The van der Waals surface area contributed by atoms with Gasteiger partial charge in [0.1, 0.15) is 0 Å². The smallest absolute Gasteiger partial charge is 0.0308 e. The molecule has 0 saturated heterocycles. The van der Waals surface area contributed by atoms with E-state index >= 15 is 0 Å². The van der Waals surface area contributed by atoms with Crippen molar-refractivity contribution in [3.8, 4) is 0 Å². The van der Waals surface area contributed by atoms with Gasteiger partial charge in [-0.1, -0.05) is 0 Å². The van der Waals surface area contributed by atoms with Crippen LogP contribution in [-0.4, -0.2) is 10.8 Å². The van der Waals surface area contributed by atoms with Crippen molar-refractivity contribution < 1.29 is 0 Å². The largest absolute Gasteiger partial charge is 0.123 e. The van der Waals surface area contributed by atoms with Gasteiger partial charge < -0.3 is 0 Å². The molecule has 0 aromatic carbocycles. The highest BCUT2D eigenvalue weighted by Crippen LogP contribution is 2.09. The van der Waals surface area contributed by atoms with Crippen molar-refractivity contribution in [2.24, 2.45) is 0 Å². The molecule has 0 aliphatic rings. The molecule has 0 aliphatic carbocycles. The maximum Gasteiger partial charge on any atom is 0.0308 e. The Morgan fingerprint density at radius 1 is 1.00 bits per heavy atom. The van der Waals surface area contributed by atoms with Crippen LogP contribution < -0.4 is 0 Å². The van der Waals surface area contributed by atoms with Crippen LogP contribution in [-0.2, 0) is 0 Å². The van der Waals surface area contributed by atoms with Crippen LogP contribution in [0.25, 0.3) is 0 Å². The molecule has 0 aromatic heterocycles. The van der Waals surface area contributed by atoms with Crippen molar-refractivity contribution >= 4 is 23.2 Å². The van der Waals surface area contributed by atoms with Crippen molar-refractivity contribution in [1.29, 1.82) is 0 Å². The predicted molar refractivity (Wildman–Crippen MR) is 39.9 cm³/mol. The molecule has 0 unspecified atom stereocenters. The van der Waals surface area contributed by atoms with E-state index in [2.05, 4.69) is 0 Å². The van der Waals surface area contributed by atoms with Gasteiger partial charge in [-0.15, -0.1) is 23.2 Å². The first-order valence-electron chi connectivity index (χ1n) is 2.91. The summed E-state index contributed by atoms with van der Waals surface area (Å²) in [5, 5.41) is 0.549. The Morgan fingerprint density at radius 3 is 1.38 bits per heavy atom. The van der Waals surface area contributed by atoms with Crippen LogP contribution in [0.5, 0.6) is 0 Å². The zero-order chi connectivity index (χ0) is 6.57. The highest BCUT2D eigenvalue weighted by Gasteiger charge is 1.99. The topological polar surface area (TPSA) is 0 Å². The average molecular weight is 155 g/mol. The first-order valence-corrected chi connectivity index (χ1v) is 3.78. The maximum atomic E-state index is 5.66. The molecule has 8 heavy (non-hydrogen) atoms. The molecule has 0 spiro atoms. The van der Waals surface area contributed by atoms with Crippen LogP contribution in [0.3, 0.4) is 0 Å². The predicted octanol–water partition coefficient (Wildman–Crippen LogP) is 3.02. The molecule has 0 aromatic rings. The Labute approximate surface area is 61.2 Å². The van der Waals surface area contributed by atoms with E-state index in [9.17, 15) is 0 Å². The number of alkyl halides is 2. The van der Waals surface area contributed by atoms with Crippen molar-refractivity contribution in [2.45, 2.75) is 37.4 Å². The van der Waals surface area contributed by atoms with E-state index in [1.54, 1.807) is 0 Å². The molecule has 2 atom stereocenters. The Kier molecular flexibility index (Phi) is 4.78. The van der Waals surface area contributed by atoms with Crippen molar-refractivity contribution in [1.82, 2.24) is 0 Å². The fourth-order valence-electron chi connectivity index (χ4n) is 0.459. The molecule has 0 radical (unpaired) electrons. The minimum Gasteiger partial charge on any atom is -0.123 e. The van der Waals surface area contributed by atoms with E-state index in [4.69, 9.17) is 23.2 Å². The summed E-state index contributed by atoms with van der Waals surface area (Å²) < 4.78 is 0. The summed E-state index contributed by atoms with van der Waals surface area (Å²) in [6.45, 7) is 3.97. The summed E-state index contributed by atoms with van der Waals surface area (Å²) in [6.07, 6.45) is 2.04. The molecule has 0 amide bonds. The minimum atomic E-state index is 0.274. The lowest BCUT2D eigenvalue weighted by atomic mass is 10.2. The number of hydrogen-bond acceptors (Lipinski definition) is 0. The maximum absolute atomic E-state index is 5.66. The molecule has 0 nitrogen and oxygen atoms in total. The highest BCUT2D eigenvalue weighted by molar-refractivity contribution is 6.21. The molecular formula is C6H12Cl2. The van der Waals surface area contributed by atoms with Crippen molar-refractivity contribution in [3.05, 3.63) is 0 Å². The molecule has 0 aliphatic heterocycles. The molecule has 0 heterocycles. The number of rotatable bonds is 3. The SMILES string of the molecule is C[C@@H](Cl)CC[C@@H](C)Cl. The van der Waals surface area contributed by atoms with E-state index in [1.165, 1.54) is 0 Å². The molecule has 0 N–H and O–H groups in total. The second-order valence-corrected chi connectivity index (χ2v) is 3.63. The Balaban J connectivity index is 2.93. The van der Waals surface area contributed by atoms with E-state index < -0.39 is 0 Å². The van der Waals surface area contributed by atoms with Gasteiger partial charge in [0.2, 0.25) is 0 Å². The summed E-state index contributed by atoms with van der Waals surface area (Å²) >= 11 is 11.3. The fourth-order valence-corrected chi connectivity index (χ4v) is 0.711. The molecule has 2 heteroatoms. The van der Waals surface area contributed by atoms with E-state index in [-0.39, 0.29) is 10.8 Å². The van der Waals surface area contributed by atoms with E-state index in [0.717, 1.165) is 12.8 Å². The summed E-state index contributed by atoms with van der Waals surface area (Å²) in [5.41, 5.74) is 0. The Morgan fingerprint density at radius 2 is 1.25 bits per heavy atom. The van der Waals surface area contributed by atoms with E-state index in [0.29, 0.717) is 0 Å². The summed E-state index contributed by atoms with van der Waals surface area (Å²) in [4.78, 5) is 0. The highest BCUT2D eigenvalue weighted by atomic mass is 35.5. The first kappa shape index (κ1) is 8.58. The molecule has 0 saturated carbocycles. The summed E-state index contributed by atoms with van der Waals surface area (Å²) in [5.74, 6) is 0. The lowest BCUT2D eigenvalue weighted by Gasteiger charge is -2.02. The van der Waals surface area contributed by atoms with Crippen LogP contribution in [0.4, 0.5) is 0 Å². The van der Waals surface area contributed by atoms with Crippen molar-refractivity contribution in [3.63, 3.8) is 0 Å². The molecule has 0 bridgehead atoms. The van der Waals surface area contributed by atoms with E-state index in [1.807, 2.05) is 13.8 Å². The Bertz CT molecular complexity index is 42.5. The van der Waals surface area contributed by atoms with Crippen LogP contribution in [0.1, 0.15) is 26.7 Å². The van der Waals surface area contributed by atoms with Crippen molar-refractivity contribution in [2.75, 3.05) is 0 Å². The lowest BCUT2D eigenvalue weighted by Crippen LogP contribution is -1.96. The van der Waals surface area contributed by atoms with Gasteiger partial charge in [0.15, 0.2) is 0 Å². The van der Waals surface area contributed by atoms with Gasteiger partial charge >= 0.3 is 0 Å². The second-order valence-electron chi connectivity index (χ2n) is 2.14. The van der Waals surface area contributed by atoms with Gasteiger partial charge in [0.05, 0.1) is 0 Å². The summed E-state index contributed by atoms with van der Waals surface area (Å²) in [6, 6.07) is 0. The van der Waals surface area contributed by atoms with Gasteiger partial charge in [0.25, 0.3) is 0 Å². The third-order valence-corrected chi connectivity index (χ3v) is 1.40. The van der Waals surface area contributed by atoms with Crippen LogP contribution in [0, 0.1) is 0 Å². The molecular weight excluding hydrogens is 143 g/mol. The van der Waals surface area contributed by atoms with Gasteiger partial charge in [-0.25, -0.2) is 0 Å². The fraction of sp³-hybridized carbons (Fsp3) is 1.00. The van der Waals surface area contributed by atoms with Gasteiger partial charge in [0, 0.05) is 10.8 Å². The molecule has 50 valence electrons. The average Bonchev–Trinajstić information content (AvgIpc) is 1.61. The quantitative estimate of drug-likeness (QED) is 0.549. The van der Waals surface area contributed by atoms with Crippen LogP contribution >= 0.6 is 23.2 Å². The third-order valence-electron chi connectivity index (χ3n) is 0.962.